The number of phenolic OH excluding ortho intramolecular Hbond substituents is 1. The summed E-state index contributed by atoms with van der Waals surface area (Å²) in [6.45, 7) is 2.04. The second kappa shape index (κ2) is 4.62. The highest BCUT2D eigenvalue weighted by molar-refractivity contribution is 5.82. The minimum Gasteiger partial charge on any atom is -0.508 e. The zero-order chi connectivity index (χ0) is 11.4. The lowest BCUT2D eigenvalue weighted by Gasteiger charge is -1.96. The van der Waals surface area contributed by atoms with Gasteiger partial charge in [0.25, 0.3) is 0 Å². The van der Waals surface area contributed by atoms with Gasteiger partial charge in [0.2, 0.25) is 0 Å². The molecule has 0 radical (unpaired) electrons. The monoisotopic (exact) mass is 211 g/mol. The highest BCUT2D eigenvalue weighted by Crippen LogP contribution is 2.14. The SMILES string of the molecule is Cc1cccc(N=Cc2ccc(O)cc2)c1. The Bertz CT molecular complexity index is 500. The first-order chi connectivity index (χ1) is 7.74. The minimum atomic E-state index is 0.271. The van der Waals surface area contributed by atoms with Crippen molar-refractivity contribution in [3.8, 4) is 5.75 Å². The Morgan fingerprint density at radius 2 is 1.81 bits per heavy atom. The average Bonchev–Trinajstić information content (AvgIpc) is 2.28. The second-order valence-corrected chi connectivity index (χ2v) is 3.69. The third kappa shape index (κ3) is 2.70. The predicted octanol–water partition coefficient (Wildman–Crippen LogP) is 3.45. The molecule has 0 aliphatic rings. The zero-order valence-electron chi connectivity index (χ0n) is 9.09. The Kier molecular flexibility index (Phi) is 3.01. The van der Waals surface area contributed by atoms with Crippen LogP contribution in [-0.2, 0) is 0 Å². The van der Waals surface area contributed by atoms with E-state index < -0.39 is 0 Å². The van der Waals surface area contributed by atoms with Crippen molar-refractivity contribution in [2.24, 2.45) is 4.99 Å². The maximum absolute atomic E-state index is 9.13. The molecule has 1 N–H and O–H groups in total. The van der Waals surface area contributed by atoms with Crippen molar-refractivity contribution in [1.29, 1.82) is 0 Å². The molecule has 0 bridgehead atoms. The van der Waals surface area contributed by atoms with Gasteiger partial charge in [0.1, 0.15) is 5.75 Å². The molecule has 0 aromatic heterocycles. The molecule has 0 atom stereocenters. The van der Waals surface area contributed by atoms with E-state index in [1.165, 1.54) is 5.56 Å². The number of phenols is 1. The molecule has 2 nitrogen and oxygen atoms in total. The fraction of sp³-hybridized carbons (Fsp3) is 0.0714. The molecule has 0 spiro atoms. The number of hydrogen-bond donors (Lipinski definition) is 1. The maximum Gasteiger partial charge on any atom is 0.115 e. The van der Waals surface area contributed by atoms with Gasteiger partial charge in [-0.15, -0.1) is 0 Å². The van der Waals surface area contributed by atoms with Crippen LogP contribution in [0.5, 0.6) is 5.75 Å². The first kappa shape index (κ1) is 10.4. The molecular weight excluding hydrogens is 198 g/mol. The lowest BCUT2D eigenvalue weighted by atomic mass is 10.2. The van der Waals surface area contributed by atoms with Crippen LogP contribution in [0.25, 0.3) is 0 Å². The summed E-state index contributed by atoms with van der Waals surface area (Å²) < 4.78 is 0. The highest BCUT2D eigenvalue weighted by atomic mass is 16.3. The number of benzene rings is 2. The Hall–Kier alpha value is -2.09. The molecule has 0 aliphatic heterocycles. The van der Waals surface area contributed by atoms with Gasteiger partial charge in [0.05, 0.1) is 5.69 Å². The third-order valence-electron chi connectivity index (χ3n) is 2.26. The van der Waals surface area contributed by atoms with Crippen molar-refractivity contribution >= 4 is 11.9 Å². The Balaban J connectivity index is 2.18. The topological polar surface area (TPSA) is 32.6 Å². The number of aromatic hydroxyl groups is 1. The van der Waals surface area contributed by atoms with Crippen LogP contribution in [0.1, 0.15) is 11.1 Å². The van der Waals surface area contributed by atoms with Crippen molar-refractivity contribution in [3.63, 3.8) is 0 Å². The Labute approximate surface area is 94.9 Å². The average molecular weight is 211 g/mol. The second-order valence-electron chi connectivity index (χ2n) is 3.69. The normalized spacial score (nSPS) is 10.8. The van der Waals surface area contributed by atoms with Crippen molar-refractivity contribution in [2.75, 3.05) is 0 Å². The maximum atomic E-state index is 9.13. The van der Waals surface area contributed by atoms with Gasteiger partial charge in [-0.3, -0.25) is 4.99 Å². The smallest absolute Gasteiger partial charge is 0.115 e. The molecule has 2 rings (SSSR count). The molecule has 80 valence electrons. The third-order valence-corrected chi connectivity index (χ3v) is 2.26. The van der Waals surface area contributed by atoms with E-state index in [4.69, 9.17) is 5.11 Å². The molecule has 2 heteroatoms. The fourth-order valence-corrected chi connectivity index (χ4v) is 1.42. The van der Waals surface area contributed by atoms with E-state index in [1.807, 2.05) is 43.3 Å². The number of nitrogens with zero attached hydrogens (tertiary/aromatic N) is 1. The molecule has 0 unspecified atom stereocenters. The molecule has 0 saturated heterocycles. The quantitative estimate of drug-likeness (QED) is 0.758. The van der Waals surface area contributed by atoms with Crippen LogP contribution >= 0.6 is 0 Å². The van der Waals surface area contributed by atoms with E-state index in [2.05, 4.69) is 4.99 Å². The number of aliphatic imine (C=N–C) groups is 1. The molecule has 0 saturated carbocycles. The van der Waals surface area contributed by atoms with E-state index >= 15 is 0 Å². The fourth-order valence-electron chi connectivity index (χ4n) is 1.42. The van der Waals surface area contributed by atoms with Gasteiger partial charge in [0.15, 0.2) is 0 Å². The predicted molar refractivity (Wildman–Crippen MR) is 66.5 cm³/mol. The summed E-state index contributed by atoms with van der Waals surface area (Å²) in [5.41, 5.74) is 3.10. The molecule has 0 aliphatic carbocycles. The van der Waals surface area contributed by atoms with E-state index in [0.29, 0.717) is 0 Å². The van der Waals surface area contributed by atoms with E-state index in [0.717, 1.165) is 11.3 Å². The minimum absolute atomic E-state index is 0.271. The number of aryl methyl sites for hydroxylation is 1. The molecule has 2 aromatic rings. The zero-order valence-corrected chi connectivity index (χ0v) is 9.09. The molecule has 16 heavy (non-hydrogen) atoms. The number of hydrogen-bond acceptors (Lipinski definition) is 2. The van der Waals surface area contributed by atoms with Gasteiger partial charge < -0.3 is 5.11 Å². The summed E-state index contributed by atoms with van der Waals surface area (Å²) in [5, 5.41) is 9.13. The molecule has 0 heterocycles. The summed E-state index contributed by atoms with van der Waals surface area (Å²) >= 11 is 0. The van der Waals surface area contributed by atoms with Gasteiger partial charge >= 0.3 is 0 Å². The first-order valence-corrected chi connectivity index (χ1v) is 5.14. The molecular formula is C14H13NO. The largest absolute Gasteiger partial charge is 0.508 e. The van der Waals surface area contributed by atoms with Crippen LogP contribution in [0.3, 0.4) is 0 Å². The van der Waals surface area contributed by atoms with E-state index in [1.54, 1.807) is 18.3 Å². The standard InChI is InChI=1S/C14H13NO/c1-11-3-2-4-13(9-11)15-10-12-5-7-14(16)8-6-12/h2-10,16H,1H3. The van der Waals surface area contributed by atoms with Gasteiger partial charge in [-0.1, -0.05) is 12.1 Å². The Morgan fingerprint density at radius 1 is 1.06 bits per heavy atom. The lowest BCUT2D eigenvalue weighted by molar-refractivity contribution is 0.475. The first-order valence-electron chi connectivity index (χ1n) is 5.14. The van der Waals surface area contributed by atoms with Gasteiger partial charge in [-0.2, -0.15) is 0 Å². The summed E-state index contributed by atoms with van der Waals surface area (Å²) in [6.07, 6.45) is 1.79. The molecule has 2 aromatic carbocycles. The summed E-state index contributed by atoms with van der Waals surface area (Å²) in [5.74, 6) is 0.271. The summed E-state index contributed by atoms with van der Waals surface area (Å²) in [7, 11) is 0. The van der Waals surface area contributed by atoms with Crippen LogP contribution in [0.4, 0.5) is 5.69 Å². The van der Waals surface area contributed by atoms with Gasteiger partial charge in [0, 0.05) is 6.21 Å². The summed E-state index contributed by atoms with van der Waals surface area (Å²) in [6, 6.07) is 15.0. The van der Waals surface area contributed by atoms with Crippen molar-refractivity contribution < 1.29 is 5.11 Å². The van der Waals surface area contributed by atoms with Crippen molar-refractivity contribution in [2.45, 2.75) is 6.92 Å². The molecule has 0 amide bonds. The van der Waals surface area contributed by atoms with Crippen molar-refractivity contribution in [1.82, 2.24) is 0 Å². The number of rotatable bonds is 2. The highest BCUT2D eigenvalue weighted by Gasteiger charge is 1.90. The van der Waals surface area contributed by atoms with Crippen LogP contribution in [-0.4, -0.2) is 11.3 Å². The summed E-state index contributed by atoms with van der Waals surface area (Å²) in [4.78, 5) is 4.36. The van der Waals surface area contributed by atoms with Crippen LogP contribution in [0.2, 0.25) is 0 Å². The Morgan fingerprint density at radius 3 is 2.50 bits per heavy atom. The van der Waals surface area contributed by atoms with Gasteiger partial charge in [-0.05, 0) is 54.4 Å². The van der Waals surface area contributed by atoms with Gasteiger partial charge in [-0.25, -0.2) is 0 Å². The van der Waals surface area contributed by atoms with Crippen LogP contribution in [0.15, 0.2) is 53.5 Å². The van der Waals surface area contributed by atoms with Crippen LogP contribution in [0, 0.1) is 6.92 Å². The van der Waals surface area contributed by atoms with Crippen LogP contribution < -0.4 is 0 Å². The molecule has 0 fully saturated rings. The van der Waals surface area contributed by atoms with E-state index in [-0.39, 0.29) is 5.75 Å². The lowest BCUT2D eigenvalue weighted by Crippen LogP contribution is -1.79. The van der Waals surface area contributed by atoms with Crippen molar-refractivity contribution in [3.05, 3.63) is 59.7 Å². The van der Waals surface area contributed by atoms with E-state index in [9.17, 15) is 0 Å².